The van der Waals surface area contributed by atoms with Crippen molar-refractivity contribution in [3.05, 3.63) is 29.8 Å². The molecule has 0 aromatic heterocycles. The van der Waals surface area contributed by atoms with Gasteiger partial charge < -0.3 is 10.6 Å². The first-order valence-electron chi connectivity index (χ1n) is 6.37. The van der Waals surface area contributed by atoms with Gasteiger partial charge in [-0.1, -0.05) is 25.1 Å². The molecule has 0 spiro atoms. The summed E-state index contributed by atoms with van der Waals surface area (Å²) >= 11 is 0. The van der Waals surface area contributed by atoms with Gasteiger partial charge in [0.05, 0.1) is 0 Å². The fraction of sp³-hybridized carbons (Fsp3) is 0.571. The molecule has 0 saturated heterocycles. The fourth-order valence-electron chi connectivity index (χ4n) is 2.26. The van der Waals surface area contributed by atoms with Crippen LogP contribution in [0.15, 0.2) is 24.3 Å². The van der Waals surface area contributed by atoms with Gasteiger partial charge in [0.15, 0.2) is 0 Å². The molecule has 2 nitrogen and oxygen atoms in total. The molecular weight excluding hydrogens is 196 g/mol. The number of hydrogen-bond acceptors (Lipinski definition) is 2. The highest BCUT2D eigenvalue weighted by Gasteiger charge is 2.20. The van der Waals surface area contributed by atoms with E-state index in [0.29, 0.717) is 12.0 Å². The van der Waals surface area contributed by atoms with Crippen LogP contribution in [-0.2, 0) is 0 Å². The molecule has 1 aliphatic rings. The van der Waals surface area contributed by atoms with Crippen LogP contribution in [0.25, 0.3) is 0 Å². The highest BCUT2D eigenvalue weighted by Crippen LogP contribution is 2.32. The summed E-state index contributed by atoms with van der Waals surface area (Å²) in [7, 11) is 0. The lowest BCUT2D eigenvalue weighted by Gasteiger charge is -2.14. The molecule has 1 aromatic rings. The van der Waals surface area contributed by atoms with E-state index in [1.165, 1.54) is 24.1 Å². The van der Waals surface area contributed by atoms with Crippen LogP contribution in [0.1, 0.15) is 38.2 Å². The second kappa shape index (κ2) is 5.35. The van der Waals surface area contributed by atoms with Gasteiger partial charge in [0.25, 0.3) is 0 Å². The zero-order valence-corrected chi connectivity index (χ0v) is 10.3. The molecule has 16 heavy (non-hydrogen) atoms. The lowest BCUT2D eigenvalue weighted by atomic mass is 9.98. The minimum atomic E-state index is 0.643. The predicted octanol–water partition coefficient (Wildman–Crippen LogP) is 2.97. The Bertz CT molecular complexity index is 335. The van der Waals surface area contributed by atoms with Crippen molar-refractivity contribution in [1.82, 2.24) is 5.32 Å². The summed E-state index contributed by atoms with van der Waals surface area (Å²) in [5.41, 5.74) is 2.82. The van der Waals surface area contributed by atoms with E-state index in [-0.39, 0.29) is 0 Å². The Morgan fingerprint density at radius 1 is 1.44 bits per heavy atom. The molecule has 2 N–H and O–H groups in total. The second-order valence-electron chi connectivity index (χ2n) is 4.72. The Balaban J connectivity index is 1.84. The summed E-state index contributed by atoms with van der Waals surface area (Å²) in [4.78, 5) is 0. The van der Waals surface area contributed by atoms with Crippen LogP contribution in [-0.4, -0.2) is 19.1 Å². The number of anilines is 1. The van der Waals surface area contributed by atoms with Crippen molar-refractivity contribution in [2.45, 2.75) is 38.6 Å². The molecule has 0 fully saturated rings. The van der Waals surface area contributed by atoms with Gasteiger partial charge in [-0.25, -0.2) is 0 Å². The Kier molecular flexibility index (Phi) is 3.83. The largest absolute Gasteiger partial charge is 0.384 e. The van der Waals surface area contributed by atoms with E-state index in [9.17, 15) is 0 Å². The quantitative estimate of drug-likeness (QED) is 0.794. The van der Waals surface area contributed by atoms with E-state index in [4.69, 9.17) is 0 Å². The number of hydrogen-bond donors (Lipinski definition) is 2. The average molecular weight is 218 g/mol. The van der Waals surface area contributed by atoms with Gasteiger partial charge in [-0.2, -0.15) is 0 Å². The second-order valence-corrected chi connectivity index (χ2v) is 4.72. The highest BCUT2D eigenvalue weighted by molar-refractivity contribution is 5.57. The Hall–Kier alpha value is -1.02. The molecule has 1 heterocycles. The van der Waals surface area contributed by atoms with Crippen molar-refractivity contribution in [2.75, 3.05) is 18.4 Å². The van der Waals surface area contributed by atoms with E-state index in [0.717, 1.165) is 13.1 Å². The number of nitrogens with one attached hydrogen (secondary N) is 2. The van der Waals surface area contributed by atoms with Crippen molar-refractivity contribution in [3.63, 3.8) is 0 Å². The molecule has 0 aliphatic carbocycles. The molecule has 2 atom stereocenters. The van der Waals surface area contributed by atoms with E-state index in [2.05, 4.69) is 48.7 Å². The first kappa shape index (κ1) is 11.5. The maximum atomic E-state index is 3.56. The zero-order valence-electron chi connectivity index (χ0n) is 10.3. The molecule has 2 unspecified atom stereocenters. The third-order valence-corrected chi connectivity index (χ3v) is 3.54. The van der Waals surface area contributed by atoms with Crippen LogP contribution in [0.5, 0.6) is 0 Å². The molecule has 2 rings (SSSR count). The molecule has 0 saturated carbocycles. The van der Waals surface area contributed by atoms with Crippen LogP contribution in [0.2, 0.25) is 0 Å². The van der Waals surface area contributed by atoms with Crippen molar-refractivity contribution < 1.29 is 0 Å². The summed E-state index contributed by atoms with van der Waals surface area (Å²) in [5, 5.41) is 7.04. The number of benzene rings is 1. The molecule has 2 heteroatoms. The maximum Gasteiger partial charge on any atom is 0.0376 e. The van der Waals surface area contributed by atoms with Crippen molar-refractivity contribution in [3.8, 4) is 0 Å². The van der Waals surface area contributed by atoms with Crippen molar-refractivity contribution >= 4 is 5.69 Å². The average Bonchev–Trinajstić information content (AvgIpc) is 2.73. The summed E-state index contributed by atoms with van der Waals surface area (Å²) in [6.07, 6.45) is 2.44. The minimum Gasteiger partial charge on any atom is -0.384 e. The first-order chi connectivity index (χ1) is 7.81. The highest BCUT2D eigenvalue weighted by atomic mass is 14.9. The summed E-state index contributed by atoms with van der Waals surface area (Å²) in [6.45, 7) is 6.70. The molecule has 1 aromatic carbocycles. The normalized spacial score (nSPS) is 20.2. The van der Waals surface area contributed by atoms with E-state index < -0.39 is 0 Å². The van der Waals surface area contributed by atoms with E-state index in [1.807, 2.05) is 0 Å². The Labute approximate surface area is 98.4 Å². The van der Waals surface area contributed by atoms with Crippen LogP contribution >= 0.6 is 0 Å². The number of rotatable bonds is 5. The monoisotopic (exact) mass is 218 g/mol. The lowest BCUT2D eigenvalue weighted by molar-refractivity contribution is 0.505. The van der Waals surface area contributed by atoms with Crippen LogP contribution in [0.4, 0.5) is 5.69 Å². The molecule has 0 radical (unpaired) electrons. The van der Waals surface area contributed by atoms with Gasteiger partial charge in [0.1, 0.15) is 0 Å². The number of para-hydroxylation sites is 1. The van der Waals surface area contributed by atoms with Crippen molar-refractivity contribution in [2.24, 2.45) is 0 Å². The van der Waals surface area contributed by atoms with Crippen LogP contribution in [0.3, 0.4) is 0 Å². The van der Waals surface area contributed by atoms with Gasteiger partial charge in [0, 0.05) is 24.2 Å². The van der Waals surface area contributed by atoms with E-state index in [1.54, 1.807) is 0 Å². The molecule has 88 valence electrons. The van der Waals surface area contributed by atoms with Gasteiger partial charge in [-0.3, -0.25) is 0 Å². The van der Waals surface area contributed by atoms with E-state index >= 15 is 0 Å². The zero-order chi connectivity index (χ0) is 11.4. The molecule has 0 amide bonds. The maximum absolute atomic E-state index is 3.56. The summed E-state index contributed by atoms with van der Waals surface area (Å²) < 4.78 is 0. The first-order valence-corrected chi connectivity index (χ1v) is 6.37. The summed E-state index contributed by atoms with van der Waals surface area (Å²) in [5.74, 6) is 0.688. The third-order valence-electron chi connectivity index (χ3n) is 3.54. The fourth-order valence-corrected chi connectivity index (χ4v) is 2.26. The van der Waals surface area contributed by atoms with Crippen molar-refractivity contribution in [1.29, 1.82) is 0 Å². The smallest absolute Gasteiger partial charge is 0.0376 e. The minimum absolute atomic E-state index is 0.643. The Morgan fingerprint density at radius 3 is 3.06 bits per heavy atom. The Morgan fingerprint density at radius 2 is 2.25 bits per heavy atom. The topological polar surface area (TPSA) is 24.1 Å². The van der Waals surface area contributed by atoms with Crippen LogP contribution in [0, 0.1) is 0 Å². The predicted molar refractivity (Wildman–Crippen MR) is 70.0 cm³/mol. The lowest BCUT2D eigenvalue weighted by Crippen LogP contribution is -2.27. The van der Waals surface area contributed by atoms with Gasteiger partial charge in [-0.15, -0.1) is 0 Å². The SMILES string of the molecule is CCC(C)NCCC1CNc2ccccc21. The molecular formula is C14H22N2. The van der Waals surface area contributed by atoms with Gasteiger partial charge in [0.2, 0.25) is 0 Å². The molecule has 1 aliphatic heterocycles. The standard InChI is InChI=1S/C14H22N2/c1-3-11(2)15-9-8-12-10-16-14-7-5-4-6-13(12)14/h4-7,11-12,15-16H,3,8-10H2,1-2H3. The molecule has 0 bridgehead atoms. The number of fused-ring (bicyclic) bond motifs is 1. The third kappa shape index (κ3) is 2.56. The van der Waals surface area contributed by atoms with Gasteiger partial charge >= 0.3 is 0 Å². The van der Waals surface area contributed by atoms with Crippen LogP contribution < -0.4 is 10.6 Å². The van der Waals surface area contributed by atoms with Gasteiger partial charge in [-0.05, 0) is 37.9 Å². The summed E-state index contributed by atoms with van der Waals surface area (Å²) in [6, 6.07) is 9.32.